The van der Waals surface area contributed by atoms with Gasteiger partial charge in [0, 0.05) is 0 Å². The Morgan fingerprint density at radius 2 is 0.429 bits per heavy atom. The van der Waals surface area contributed by atoms with Gasteiger partial charge in [-0.3, -0.25) is 4.21 Å². The van der Waals surface area contributed by atoms with E-state index < -0.39 is 11.4 Å². The molecule has 0 heterocycles. The first-order valence-corrected chi connectivity index (χ1v) is 20.1. The van der Waals surface area contributed by atoms with E-state index in [0.717, 1.165) is 36.3 Å². The Kier molecular flexibility index (Phi) is 16.7. The summed E-state index contributed by atoms with van der Waals surface area (Å²) >= 11 is -3.11. The van der Waals surface area contributed by atoms with E-state index in [0.29, 0.717) is 0 Å². The van der Waals surface area contributed by atoms with Gasteiger partial charge in [0.25, 0.3) is 0 Å². The molecule has 6 aliphatic rings. The number of hydrogen-bond acceptors (Lipinski definition) is 3. The van der Waals surface area contributed by atoms with Crippen LogP contribution in [-0.2, 0) is 11.4 Å². The zero-order valence-electron chi connectivity index (χ0n) is 27.3. The molecule has 0 aromatic carbocycles. The molecular formula is C36H68N2O3S. The summed E-state index contributed by atoms with van der Waals surface area (Å²) in [4.78, 5) is 4.22. The van der Waals surface area contributed by atoms with Crippen LogP contribution >= 0.6 is 0 Å². The molecule has 0 aliphatic heterocycles. The lowest BCUT2D eigenvalue weighted by molar-refractivity contribution is -0.976. The van der Waals surface area contributed by atoms with Gasteiger partial charge in [-0.15, -0.1) is 11.4 Å². The highest BCUT2D eigenvalue weighted by Crippen LogP contribution is 2.25. The Morgan fingerprint density at radius 3 is 0.548 bits per heavy atom. The van der Waals surface area contributed by atoms with Crippen molar-refractivity contribution in [3.63, 3.8) is 0 Å². The second-order valence-electron chi connectivity index (χ2n) is 15.2. The molecule has 6 rings (SSSR count). The van der Waals surface area contributed by atoms with Crippen molar-refractivity contribution < 1.29 is 23.1 Å². The standard InChI is InChI=1S/2C18H33N.H2O3S/c2*1-4-10-16(11-5-1)19(17-12-6-2-7-13-17)18-14-8-3-9-15-18;1-4(2)3/h2*16-18H,1-15H2;(H2,1,2,3). The molecule has 0 aromatic rings. The van der Waals surface area contributed by atoms with Gasteiger partial charge in [0.05, 0.1) is 36.3 Å². The molecule has 6 aliphatic carbocycles. The largest absolute Gasteiger partial charge is 0.784 e. The molecule has 0 atom stereocenters. The van der Waals surface area contributed by atoms with Gasteiger partial charge in [0.1, 0.15) is 0 Å². The second-order valence-corrected chi connectivity index (χ2v) is 15.6. The topological polar surface area (TPSA) is 72.1 Å². The van der Waals surface area contributed by atoms with Gasteiger partial charge in [0.2, 0.25) is 0 Å². The van der Waals surface area contributed by atoms with Crippen LogP contribution < -0.4 is 9.80 Å². The third-order valence-corrected chi connectivity index (χ3v) is 12.5. The molecule has 0 radical (unpaired) electrons. The molecule has 6 fully saturated rings. The van der Waals surface area contributed by atoms with Crippen molar-refractivity contribution in [1.82, 2.24) is 0 Å². The number of nitrogens with one attached hydrogen (secondary N) is 2. The molecular weight excluding hydrogens is 540 g/mol. The molecule has 2 N–H and O–H groups in total. The average Bonchev–Trinajstić information content (AvgIpc) is 3.05. The highest BCUT2D eigenvalue weighted by molar-refractivity contribution is 7.72. The second kappa shape index (κ2) is 20.2. The zero-order valence-corrected chi connectivity index (χ0v) is 28.1. The van der Waals surface area contributed by atoms with E-state index in [1.165, 1.54) is 116 Å². The molecule has 5 nitrogen and oxygen atoms in total. The fraction of sp³-hybridized carbons (Fsp3) is 1.00. The van der Waals surface area contributed by atoms with Crippen LogP contribution in [0, 0.1) is 0 Å². The van der Waals surface area contributed by atoms with E-state index >= 15 is 0 Å². The van der Waals surface area contributed by atoms with Crippen LogP contribution in [0.1, 0.15) is 193 Å². The Labute approximate surface area is 262 Å². The highest BCUT2D eigenvalue weighted by atomic mass is 32.2. The van der Waals surface area contributed by atoms with Crippen molar-refractivity contribution in [2.45, 2.75) is 229 Å². The van der Waals surface area contributed by atoms with Gasteiger partial charge in [-0.2, -0.15) is 0 Å². The Balaban J connectivity index is 0.000000171. The minimum atomic E-state index is -3.11. The zero-order chi connectivity index (χ0) is 29.4. The van der Waals surface area contributed by atoms with Gasteiger partial charge in [-0.05, 0) is 154 Å². The number of quaternary nitrogens is 2. The van der Waals surface area contributed by atoms with Crippen LogP contribution in [-0.4, -0.2) is 49.6 Å². The van der Waals surface area contributed by atoms with Crippen molar-refractivity contribution in [2.75, 3.05) is 0 Å². The quantitative estimate of drug-likeness (QED) is 0.328. The maximum atomic E-state index is 8.44. The molecule has 0 amide bonds. The van der Waals surface area contributed by atoms with E-state index in [2.05, 4.69) is 9.80 Å². The Morgan fingerprint density at radius 1 is 0.310 bits per heavy atom. The van der Waals surface area contributed by atoms with Crippen molar-refractivity contribution in [2.24, 2.45) is 0 Å². The third kappa shape index (κ3) is 11.7. The highest BCUT2D eigenvalue weighted by Gasteiger charge is 2.39. The van der Waals surface area contributed by atoms with Gasteiger partial charge in [-0.25, -0.2) is 0 Å². The average molecular weight is 609 g/mol. The van der Waals surface area contributed by atoms with Crippen LogP contribution in [0.25, 0.3) is 0 Å². The normalized spacial score (nSPS) is 27.0. The Bertz CT molecular complexity index is 559. The van der Waals surface area contributed by atoms with Crippen LogP contribution in [0.15, 0.2) is 0 Å². The maximum absolute atomic E-state index is 8.44. The summed E-state index contributed by atoms with van der Waals surface area (Å²) < 4.78 is 25.3. The summed E-state index contributed by atoms with van der Waals surface area (Å²) in [5, 5.41) is 0. The van der Waals surface area contributed by atoms with Crippen molar-refractivity contribution in [1.29, 1.82) is 0 Å². The summed E-state index contributed by atoms with van der Waals surface area (Å²) in [6.45, 7) is 0. The smallest absolute Gasteiger partial charge is 0.0878 e. The first-order chi connectivity index (χ1) is 20.6. The summed E-state index contributed by atoms with van der Waals surface area (Å²) in [7, 11) is 0. The summed E-state index contributed by atoms with van der Waals surface area (Å²) in [5.41, 5.74) is 0. The minimum absolute atomic E-state index is 1.04. The first kappa shape index (κ1) is 34.9. The SMILES string of the molecule is C1CCC([NH+](C2CCCCC2)C2CCCCC2)CC1.C1CCC([NH+](C2CCCCC2)C2CCCCC2)CC1.O=S([O-])[O-]. The fourth-order valence-electron chi connectivity index (χ4n) is 10.6. The molecule has 0 unspecified atom stereocenters. The van der Waals surface area contributed by atoms with Gasteiger partial charge in [-0.1, -0.05) is 38.5 Å². The van der Waals surface area contributed by atoms with Crippen LogP contribution in [0.4, 0.5) is 0 Å². The lowest BCUT2D eigenvalue weighted by Crippen LogP contribution is -3.22. The van der Waals surface area contributed by atoms with Crippen molar-refractivity contribution in [3.05, 3.63) is 0 Å². The maximum Gasteiger partial charge on any atom is 0.0878 e. The molecule has 0 aromatic heterocycles. The minimum Gasteiger partial charge on any atom is -0.784 e. The molecule has 42 heavy (non-hydrogen) atoms. The molecule has 0 spiro atoms. The molecule has 0 bridgehead atoms. The molecule has 6 saturated carbocycles. The lowest BCUT2D eigenvalue weighted by Gasteiger charge is -2.44. The molecule has 6 heteroatoms. The number of rotatable bonds is 6. The lowest BCUT2D eigenvalue weighted by atomic mass is 9.84. The van der Waals surface area contributed by atoms with Crippen LogP contribution in [0.5, 0.6) is 0 Å². The predicted octanol–water partition coefficient (Wildman–Crippen LogP) is 6.73. The molecule has 246 valence electrons. The van der Waals surface area contributed by atoms with Crippen LogP contribution in [0.3, 0.4) is 0 Å². The van der Waals surface area contributed by atoms with E-state index in [-0.39, 0.29) is 0 Å². The van der Waals surface area contributed by atoms with E-state index in [4.69, 9.17) is 13.3 Å². The monoisotopic (exact) mass is 608 g/mol. The molecule has 0 saturated heterocycles. The number of hydrogen-bond donors (Lipinski definition) is 2. The van der Waals surface area contributed by atoms with Gasteiger partial charge in [0.15, 0.2) is 0 Å². The predicted molar refractivity (Wildman–Crippen MR) is 173 cm³/mol. The third-order valence-electron chi connectivity index (χ3n) is 12.5. The fourth-order valence-corrected chi connectivity index (χ4v) is 10.6. The summed E-state index contributed by atoms with van der Waals surface area (Å²) in [6.07, 6.45) is 45.9. The van der Waals surface area contributed by atoms with Crippen molar-refractivity contribution >= 4 is 11.4 Å². The van der Waals surface area contributed by atoms with E-state index in [9.17, 15) is 0 Å². The Hall–Kier alpha value is -0.0100. The van der Waals surface area contributed by atoms with Gasteiger partial charge >= 0.3 is 0 Å². The van der Waals surface area contributed by atoms with E-state index in [1.54, 1.807) is 77.0 Å². The van der Waals surface area contributed by atoms with Crippen molar-refractivity contribution in [3.8, 4) is 0 Å². The van der Waals surface area contributed by atoms with Gasteiger partial charge < -0.3 is 18.9 Å². The summed E-state index contributed by atoms with van der Waals surface area (Å²) in [6, 6.07) is 6.25. The first-order valence-electron chi connectivity index (χ1n) is 19.1. The van der Waals surface area contributed by atoms with Crippen LogP contribution in [0.2, 0.25) is 0 Å². The summed E-state index contributed by atoms with van der Waals surface area (Å²) in [5.74, 6) is 0. The van der Waals surface area contributed by atoms with E-state index in [1.807, 2.05) is 0 Å².